The highest BCUT2D eigenvalue weighted by Gasteiger charge is 2.53. The third-order valence-corrected chi connectivity index (χ3v) is 5.35. The summed E-state index contributed by atoms with van der Waals surface area (Å²) in [5.41, 5.74) is 2.00. The Morgan fingerprint density at radius 1 is 0.960 bits per heavy atom. The summed E-state index contributed by atoms with van der Waals surface area (Å²) in [5.74, 6) is 0.469. The zero-order valence-corrected chi connectivity index (χ0v) is 14.4. The van der Waals surface area contributed by atoms with Crippen LogP contribution in [0.25, 0.3) is 0 Å². The third kappa shape index (κ3) is 2.84. The number of nitrogens with zero attached hydrogens (tertiary/aromatic N) is 2. The number of carbonyl (C=O) groups excluding carboxylic acids is 2. The van der Waals surface area contributed by atoms with Gasteiger partial charge in [-0.05, 0) is 37.5 Å². The van der Waals surface area contributed by atoms with E-state index in [-0.39, 0.29) is 17.2 Å². The van der Waals surface area contributed by atoms with Crippen molar-refractivity contribution in [2.24, 2.45) is 0 Å². The van der Waals surface area contributed by atoms with Crippen molar-refractivity contribution >= 4 is 11.8 Å². The molecule has 2 aliphatic rings. The molecule has 2 aromatic rings. The molecule has 5 heteroatoms. The molecule has 25 heavy (non-hydrogen) atoms. The van der Waals surface area contributed by atoms with Gasteiger partial charge in [-0.25, -0.2) is 0 Å². The van der Waals surface area contributed by atoms with E-state index in [4.69, 9.17) is 4.42 Å². The molecular formula is C20H22N2O3. The molecular weight excluding hydrogens is 316 g/mol. The summed E-state index contributed by atoms with van der Waals surface area (Å²) >= 11 is 0. The first-order valence-electron chi connectivity index (χ1n) is 8.79. The maximum absolute atomic E-state index is 13.1. The van der Waals surface area contributed by atoms with Crippen LogP contribution in [0.2, 0.25) is 0 Å². The number of hydrogen-bond donors (Lipinski definition) is 0. The van der Waals surface area contributed by atoms with Gasteiger partial charge in [0, 0.05) is 26.2 Å². The van der Waals surface area contributed by atoms with Gasteiger partial charge in [-0.1, -0.05) is 29.8 Å². The highest BCUT2D eigenvalue weighted by molar-refractivity contribution is 5.93. The second kappa shape index (κ2) is 6.06. The Morgan fingerprint density at radius 2 is 1.60 bits per heavy atom. The Kier molecular flexibility index (Phi) is 3.86. The van der Waals surface area contributed by atoms with E-state index in [0.29, 0.717) is 31.9 Å². The standard InChI is InChI=1S/C20H22N2O3/c1-15-4-6-16(7-5-15)20(8-9-20)19(24)22-12-10-21(11-13-22)18(23)17-3-2-14-25-17/h2-7,14H,8-13H2,1H3. The van der Waals surface area contributed by atoms with Gasteiger partial charge in [0.25, 0.3) is 5.91 Å². The topological polar surface area (TPSA) is 53.8 Å². The largest absolute Gasteiger partial charge is 0.459 e. The zero-order chi connectivity index (χ0) is 17.4. The molecule has 130 valence electrons. The van der Waals surface area contributed by atoms with Gasteiger partial charge in [0.15, 0.2) is 5.76 Å². The maximum Gasteiger partial charge on any atom is 0.289 e. The second-order valence-electron chi connectivity index (χ2n) is 7.01. The molecule has 2 fully saturated rings. The van der Waals surface area contributed by atoms with Crippen molar-refractivity contribution in [2.45, 2.75) is 25.2 Å². The van der Waals surface area contributed by atoms with E-state index in [1.54, 1.807) is 17.0 Å². The number of amides is 2. The molecule has 0 atom stereocenters. The lowest BCUT2D eigenvalue weighted by atomic mass is 9.93. The normalized spacial score (nSPS) is 18.9. The first-order chi connectivity index (χ1) is 12.1. The van der Waals surface area contributed by atoms with E-state index in [0.717, 1.165) is 18.4 Å². The average molecular weight is 338 g/mol. The fraction of sp³-hybridized carbons (Fsp3) is 0.400. The number of benzene rings is 1. The lowest BCUT2D eigenvalue weighted by molar-refractivity contribution is -0.135. The minimum atomic E-state index is -0.332. The number of piperazine rings is 1. The fourth-order valence-corrected chi connectivity index (χ4v) is 3.59. The Morgan fingerprint density at radius 3 is 2.16 bits per heavy atom. The van der Waals surface area contributed by atoms with Crippen molar-refractivity contribution in [1.29, 1.82) is 0 Å². The van der Waals surface area contributed by atoms with E-state index < -0.39 is 0 Å². The van der Waals surface area contributed by atoms with Crippen molar-refractivity contribution in [1.82, 2.24) is 9.80 Å². The van der Waals surface area contributed by atoms with Crippen molar-refractivity contribution in [2.75, 3.05) is 26.2 Å². The first kappa shape index (κ1) is 15.9. The number of rotatable bonds is 3. The van der Waals surface area contributed by atoms with Gasteiger partial charge >= 0.3 is 0 Å². The van der Waals surface area contributed by atoms with Gasteiger partial charge in [-0.15, -0.1) is 0 Å². The SMILES string of the molecule is Cc1ccc(C2(C(=O)N3CCN(C(=O)c4ccco4)CC3)CC2)cc1. The number of hydrogen-bond acceptors (Lipinski definition) is 3. The molecule has 0 bridgehead atoms. The van der Waals surface area contributed by atoms with Gasteiger partial charge in [-0.2, -0.15) is 0 Å². The quantitative estimate of drug-likeness (QED) is 0.864. The van der Waals surface area contributed by atoms with Gasteiger partial charge in [0.2, 0.25) is 5.91 Å². The molecule has 1 aromatic carbocycles. The van der Waals surface area contributed by atoms with Crippen LogP contribution in [0.4, 0.5) is 0 Å². The van der Waals surface area contributed by atoms with E-state index in [9.17, 15) is 9.59 Å². The predicted octanol–water partition coefficient (Wildman–Crippen LogP) is 2.60. The summed E-state index contributed by atoms with van der Waals surface area (Å²) in [5, 5.41) is 0. The van der Waals surface area contributed by atoms with Crippen molar-refractivity contribution in [3.8, 4) is 0 Å². The van der Waals surface area contributed by atoms with Crippen molar-refractivity contribution in [3.63, 3.8) is 0 Å². The van der Waals surface area contributed by atoms with Crippen LogP contribution in [0, 0.1) is 6.92 Å². The monoisotopic (exact) mass is 338 g/mol. The molecule has 2 heterocycles. The van der Waals surface area contributed by atoms with Crippen LogP contribution < -0.4 is 0 Å². The Balaban J connectivity index is 1.41. The van der Waals surface area contributed by atoms with Crippen molar-refractivity contribution in [3.05, 3.63) is 59.5 Å². The molecule has 1 aromatic heterocycles. The number of carbonyl (C=O) groups is 2. The van der Waals surface area contributed by atoms with Gasteiger partial charge in [0.1, 0.15) is 0 Å². The summed E-state index contributed by atoms with van der Waals surface area (Å²) in [7, 11) is 0. The Bertz CT molecular complexity index is 768. The smallest absolute Gasteiger partial charge is 0.289 e. The van der Waals surface area contributed by atoms with Crippen LogP contribution in [-0.4, -0.2) is 47.8 Å². The Hall–Kier alpha value is -2.56. The number of aryl methyl sites for hydroxylation is 1. The van der Waals surface area contributed by atoms with Gasteiger partial charge < -0.3 is 14.2 Å². The lowest BCUT2D eigenvalue weighted by Gasteiger charge is -2.36. The highest BCUT2D eigenvalue weighted by atomic mass is 16.3. The number of furan rings is 1. The zero-order valence-electron chi connectivity index (χ0n) is 14.4. The van der Waals surface area contributed by atoms with Gasteiger partial charge in [-0.3, -0.25) is 9.59 Å². The molecule has 4 rings (SSSR count). The first-order valence-corrected chi connectivity index (χ1v) is 8.79. The summed E-state index contributed by atoms with van der Waals surface area (Å²) < 4.78 is 5.18. The second-order valence-corrected chi connectivity index (χ2v) is 7.01. The highest BCUT2D eigenvalue weighted by Crippen LogP contribution is 2.49. The summed E-state index contributed by atoms with van der Waals surface area (Å²) in [4.78, 5) is 29.1. The molecule has 1 saturated heterocycles. The molecule has 0 radical (unpaired) electrons. The predicted molar refractivity (Wildman–Crippen MR) is 93.3 cm³/mol. The van der Waals surface area contributed by atoms with Crippen LogP contribution in [0.5, 0.6) is 0 Å². The lowest BCUT2D eigenvalue weighted by Crippen LogP contribution is -2.52. The molecule has 1 saturated carbocycles. The van der Waals surface area contributed by atoms with Crippen LogP contribution in [0.15, 0.2) is 47.1 Å². The van der Waals surface area contributed by atoms with Crippen molar-refractivity contribution < 1.29 is 14.0 Å². The van der Waals surface area contributed by atoms with E-state index in [2.05, 4.69) is 31.2 Å². The Labute approximate surface area is 147 Å². The molecule has 0 spiro atoms. The van der Waals surface area contributed by atoms with E-state index in [1.165, 1.54) is 11.8 Å². The van der Waals surface area contributed by atoms with Crippen LogP contribution in [0.3, 0.4) is 0 Å². The molecule has 2 amide bonds. The maximum atomic E-state index is 13.1. The fourth-order valence-electron chi connectivity index (χ4n) is 3.59. The minimum absolute atomic E-state index is 0.100. The third-order valence-electron chi connectivity index (χ3n) is 5.35. The molecule has 5 nitrogen and oxygen atoms in total. The van der Waals surface area contributed by atoms with Crippen LogP contribution in [0.1, 0.15) is 34.5 Å². The van der Waals surface area contributed by atoms with E-state index >= 15 is 0 Å². The van der Waals surface area contributed by atoms with Gasteiger partial charge in [0.05, 0.1) is 11.7 Å². The summed E-state index contributed by atoms with van der Waals surface area (Å²) in [6.07, 6.45) is 3.34. The van der Waals surface area contributed by atoms with Crippen LogP contribution >= 0.6 is 0 Å². The molecule has 1 aliphatic carbocycles. The molecule has 0 unspecified atom stereocenters. The summed E-state index contributed by atoms with van der Waals surface area (Å²) in [6.45, 7) is 4.32. The average Bonchev–Trinajstić information content (AvgIpc) is 3.27. The minimum Gasteiger partial charge on any atom is -0.459 e. The summed E-state index contributed by atoms with van der Waals surface area (Å²) in [6, 6.07) is 11.7. The molecule has 0 N–H and O–H groups in total. The van der Waals surface area contributed by atoms with Crippen LogP contribution in [-0.2, 0) is 10.2 Å². The molecule has 1 aliphatic heterocycles. The van der Waals surface area contributed by atoms with E-state index in [1.807, 2.05) is 4.90 Å².